The monoisotopic (exact) mass is 375 g/mol. The minimum atomic E-state index is -0.402. The molecular weight excluding hydrogens is 346 g/mol. The summed E-state index contributed by atoms with van der Waals surface area (Å²) in [6, 6.07) is 11.2. The highest BCUT2D eigenvalue weighted by Gasteiger charge is 2.42. The maximum atomic E-state index is 6.79. The predicted octanol–water partition coefficient (Wildman–Crippen LogP) is 4.52. The second kappa shape index (κ2) is 6.16. The Morgan fingerprint density at radius 3 is 2.75 bits per heavy atom. The zero-order chi connectivity index (χ0) is 19.6. The van der Waals surface area contributed by atoms with Gasteiger partial charge in [0.25, 0.3) is 0 Å². The highest BCUT2D eigenvalue weighted by molar-refractivity contribution is 5.87. The molecule has 3 aromatic rings. The Kier molecular flexibility index (Phi) is 3.94. The minimum absolute atomic E-state index is 0.138. The largest absolute Gasteiger partial charge is 0.365 e. The molecule has 146 valence electrons. The molecule has 0 N–H and O–H groups in total. The van der Waals surface area contributed by atoms with Crippen LogP contribution in [0.1, 0.15) is 47.8 Å². The maximum Gasteiger partial charge on any atom is 0.110 e. The van der Waals surface area contributed by atoms with Crippen LogP contribution in [0, 0.1) is 13.8 Å². The van der Waals surface area contributed by atoms with E-state index in [4.69, 9.17) is 4.74 Å². The summed E-state index contributed by atoms with van der Waals surface area (Å²) < 4.78 is 9.34. The van der Waals surface area contributed by atoms with Gasteiger partial charge in [0.1, 0.15) is 5.60 Å². The van der Waals surface area contributed by atoms with E-state index in [1.165, 1.54) is 27.7 Å². The number of nitrogens with zero attached hydrogens (tertiary/aromatic N) is 3. The maximum absolute atomic E-state index is 6.79. The quantitative estimate of drug-likeness (QED) is 0.627. The van der Waals surface area contributed by atoms with Gasteiger partial charge in [-0.3, -0.25) is 4.98 Å². The van der Waals surface area contributed by atoms with Gasteiger partial charge in [-0.15, -0.1) is 0 Å². The van der Waals surface area contributed by atoms with Crippen LogP contribution in [0.2, 0.25) is 0 Å². The smallest absolute Gasteiger partial charge is 0.110 e. The molecule has 0 spiro atoms. The highest BCUT2D eigenvalue weighted by atomic mass is 16.5. The molecule has 1 aromatic carbocycles. The third kappa shape index (κ3) is 2.62. The lowest BCUT2D eigenvalue weighted by Gasteiger charge is -2.35. The van der Waals surface area contributed by atoms with Crippen molar-refractivity contribution in [1.82, 2.24) is 14.5 Å². The molecule has 4 nitrogen and oxygen atoms in total. The Balaban J connectivity index is 1.75. The van der Waals surface area contributed by atoms with E-state index in [0.717, 1.165) is 30.9 Å². The Morgan fingerprint density at radius 1 is 1.18 bits per heavy atom. The third-order valence-electron chi connectivity index (χ3n) is 6.65. The lowest BCUT2D eigenvalue weighted by Crippen LogP contribution is -2.38. The number of benzene rings is 1. The number of hydrogen-bond donors (Lipinski definition) is 0. The van der Waals surface area contributed by atoms with Crippen LogP contribution in [0.3, 0.4) is 0 Å². The average molecular weight is 376 g/mol. The van der Waals surface area contributed by atoms with Gasteiger partial charge in [0, 0.05) is 53.1 Å². The number of ether oxygens (including phenoxy) is 1. The van der Waals surface area contributed by atoms with Gasteiger partial charge in [0.05, 0.1) is 12.6 Å². The zero-order valence-electron chi connectivity index (χ0n) is 17.5. The number of hydrogen-bond acceptors (Lipinski definition) is 3. The van der Waals surface area contributed by atoms with E-state index in [-0.39, 0.29) is 6.10 Å². The SMILES string of the molecule is Cc1ccc2c(c1)c1c3n2CC(C)(c2ccc(C)nc2)OC(C)C3CN(C)C1. The van der Waals surface area contributed by atoms with Gasteiger partial charge >= 0.3 is 0 Å². The average Bonchev–Trinajstić information content (AvgIpc) is 2.87. The second-order valence-corrected chi connectivity index (χ2v) is 9.02. The van der Waals surface area contributed by atoms with Crippen LogP contribution in [0.15, 0.2) is 36.5 Å². The summed E-state index contributed by atoms with van der Waals surface area (Å²) in [5.41, 5.74) is 7.41. The van der Waals surface area contributed by atoms with E-state index in [1.807, 2.05) is 13.1 Å². The summed E-state index contributed by atoms with van der Waals surface area (Å²) in [7, 11) is 2.22. The van der Waals surface area contributed by atoms with Gasteiger partial charge in [-0.25, -0.2) is 0 Å². The molecule has 2 aromatic heterocycles. The van der Waals surface area contributed by atoms with Gasteiger partial charge in [-0.1, -0.05) is 17.7 Å². The molecule has 5 rings (SSSR count). The van der Waals surface area contributed by atoms with Crippen molar-refractivity contribution in [2.75, 3.05) is 13.6 Å². The van der Waals surface area contributed by atoms with Crippen LogP contribution in [0.4, 0.5) is 0 Å². The van der Waals surface area contributed by atoms with Gasteiger partial charge in [0.2, 0.25) is 0 Å². The van der Waals surface area contributed by atoms with Crippen molar-refractivity contribution in [3.8, 4) is 0 Å². The van der Waals surface area contributed by atoms with Crippen molar-refractivity contribution < 1.29 is 4.74 Å². The number of aromatic nitrogens is 2. The Morgan fingerprint density at radius 2 is 2.00 bits per heavy atom. The first-order valence-electron chi connectivity index (χ1n) is 10.3. The van der Waals surface area contributed by atoms with Gasteiger partial charge in [-0.2, -0.15) is 0 Å². The van der Waals surface area contributed by atoms with Crippen molar-refractivity contribution in [1.29, 1.82) is 0 Å². The standard InChI is InChI=1S/C24H29N3O/c1-15-6-9-22-19(10-15)21-13-26(5)12-20-17(3)28-24(4,14-27(22)23(20)21)18-8-7-16(2)25-11-18/h6-11,17,20H,12-14H2,1-5H3. The van der Waals surface area contributed by atoms with Crippen molar-refractivity contribution in [2.24, 2.45) is 0 Å². The normalized spacial score (nSPS) is 27.6. The molecule has 28 heavy (non-hydrogen) atoms. The van der Waals surface area contributed by atoms with E-state index < -0.39 is 5.60 Å². The summed E-state index contributed by atoms with van der Waals surface area (Å²) in [6.45, 7) is 11.5. The van der Waals surface area contributed by atoms with Crippen LogP contribution >= 0.6 is 0 Å². The fraction of sp³-hybridized carbons (Fsp3) is 0.458. The Bertz CT molecular complexity index is 1050. The summed E-state index contributed by atoms with van der Waals surface area (Å²) in [5.74, 6) is 0.377. The van der Waals surface area contributed by atoms with E-state index >= 15 is 0 Å². The predicted molar refractivity (Wildman–Crippen MR) is 113 cm³/mol. The Labute approximate surface area is 167 Å². The zero-order valence-corrected chi connectivity index (χ0v) is 17.5. The highest BCUT2D eigenvalue weighted by Crippen LogP contribution is 2.45. The molecule has 0 fully saturated rings. The van der Waals surface area contributed by atoms with E-state index in [1.54, 1.807) is 0 Å². The topological polar surface area (TPSA) is 30.3 Å². The number of likely N-dealkylation sites (N-methyl/N-ethyl adjacent to an activating group) is 1. The van der Waals surface area contributed by atoms with Gasteiger partial charge in [-0.05, 0) is 58.5 Å². The second-order valence-electron chi connectivity index (χ2n) is 9.02. The summed E-state index contributed by atoms with van der Waals surface area (Å²) in [6.07, 6.45) is 2.13. The fourth-order valence-electron chi connectivity index (χ4n) is 5.22. The first-order valence-corrected chi connectivity index (χ1v) is 10.3. The number of rotatable bonds is 1. The lowest BCUT2D eigenvalue weighted by atomic mass is 9.91. The first kappa shape index (κ1) is 17.9. The van der Waals surface area contributed by atoms with Gasteiger partial charge < -0.3 is 14.2 Å². The molecule has 0 amide bonds. The van der Waals surface area contributed by atoms with Crippen molar-refractivity contribution in [2.45, 2.75) is 58.4 Å². The Hall–Kier alpha value is -2.17. The van der Waals surface area contributed by atoms with Crippen molar-refractivity contribution >= 4 is 10.9 Å². The fourth-order valence-corrected chi connectivity index (χ4v) is 5.22. The van der Waals surface area contributed by atoms with Crippen LogP contribution in [-0.2, 0) is 23.4 Å². The number of aryl methyl sites for hydroxylation is 2. The summed E-state index contributed by atoms with van der Waals surface area (Å²) in [4.78, 5) is 7.00. The van der Waals surface area contributed by atoms with E-state index in [9.17, 15) is 0 Å². The van der Waals surface area contributed by atoms with Crippen LogP contribution < -0.4 is 0 Å². The van der Waals surface area contributed by atoms with E-state index in [0.29, 0.717) is 5.92 Å². The molecule has 4 heteroatoms. The molecule has 4 heterocycles. The molecule has 0 radical (unpaired) electrons. The first-order chi connectivity index (χ1) is 13.4. The van der Waals surface area contributed by atoms with Crippen molar-refractivity contribution in [3.05, 3.63) is 64.6 Å². The summed E-state index contributed by atoms with van der Waals surface area (Å²) in [5, 5.41) is 1.41. The van der Waals surface area contributed by atoms with Crippen molar-refractivity contribution in [3.63, 3.8) is 0 Å². The molecular formula is C24H29N3O. The number of pyridine rings is 1. The lowest BCUT2D eigenvalue weighted by molar-refractivity contribution is -0.0932. The molecule has 0 bridgehead atoms. The van der Waals surface area contributed by atoms with Crippen LogP contribution in [0.25, 0.3) is 10.9 Å². The molecule has 3 atom stereocenters. The minimum Gasteiger partial charge on any atom is -0.365 e. The molecule has 2 aliphatic heterocycles. The molecule has 0 saturated heterocycles. The van der Waals surface area contributed by atoms with E-state index in [2.05, 4.69) is 72.6 Å². The van der Waals surface area contributed by atoms with Crippen LogP contribution in [-0.4, -0.2) is 34.1 Å². The molecule has 0 aliphatic carbocycles. The van der Waals surface area contributed by atoms with Crippen LogP contribution in [0.5, 0.6) is 0 Å². The summed E-state index contributed by atoms with van der Waals surface area (Å²) >= 11 is 0. The number of fused-ring (bicyclic) bond motifs is 3. The molecule has 2 aliphatic rings. The molecule has 3 unspecified atom stereocenters. The third-order valence-corrected chi connectivity index (χ3v) is 6.65. The molecule has 0 saturated carbocycles. The van der Waals surface area contributed by atoms with Gasteiger partial charge in [0.15, 0.2) is 0 Å².